The van der Waals surface area contributed by atoms with Gasteiger partial charge in [0.15, 0.2) is 0 Å². The molecule has 0 aliphatic heterocycles. The molecule has 142 valence electrons. The number of hydrogen-bond donors (Lipinski definition) is 1. The molecule has 2 rings (SSSR count). The standard InChI is InChI=1S/C16H13F6NO2S/c17-15(18,19)13-5-1-3-11(7-13)9-23-26(24,25)10-12-4-2-6-14(8-12)16(20,21)22/h1-8,23H,9-10H2. The Balaban J connectivity index is 2.08. The summed E-state index contributed by atoms with van der Waals surface area (Å²) >= 11 is 0. The Labute approximate surface area is 145 Å². The van der Waals surface area contributed by atoms with Crippen molar-refractivity contribution in [3.63, 3.8) is 0 Å². The highest BCUT2D eigenvalue weighted by atomic mass is 32.2. The zero-order valence-electron chi connectivity index (χ0n) is 13.0. The van der Waals surface area contributed by atoms with Crippen molar-refractivity contribution in [2.75, 3.05) is 0 Å². The summed E-state index contributed by atoms with van der Waals surface area (Å²) in [4.78, 5) is 0. The van der Waals surface area contributed by atoms with Gasteiger partial charge in [-0.05, 0) is 23.3 Å². The Morgan fingerprint density at radius 3 is 1.73 bits per heavy atom. The zero-order chi connectivity index (χ0) is 19.6. The molecule has 0 aliphatic carbocycles. The molecule has 0 aliphatic rings. The molecule has 10 heteroatoms. The van der Waals surface area contributed by atoms with Gasteiger partial charge in [-0.15, -0.1) is 0 Å². The summed E-state index contributed by atoms with van der Waals surface area (Å²) in [6.45, 7) is -0.411. The first-order chi connectivity index (χ1) is 11.9. The summed E-state index contributed by atoms with van der Waals surface area (Å²) in [6.07, 6.45) is -9.17. The van der Waals surface area contributed by atoms with Crippen LogP contribution < -0.4 is 4.72 Å². The minimum atomic E-state index is -4.61. The fraction of sp³-hybridized carbons (Fsp3) is 0.250. The first kappa shape index (κ1) is 20.2. The Morgan fingerprint density at radius 2 is 1.23 bits per heavy atom. The van der Waals surface area contributed by atoms with Crippen LogP contribution in [0.2, 0.25) is 0 Å². The molecule has 2 aromatic carbocycles. The Morgan fingerprint density at radius 1 is 0.769 bits per heavy atom. The smallest absolute Gasteiger partial charge is 0.212 e. The minimum Gasteiger partial charge on any atom is -0.212 e. The lowest BCUT2D eigenvalue weighted by Crippen LogP contribution is -2.25. The fourth-order valence-electron chi connectivity index (χ4n) is 2.16. The van der Waals surface area contributed by atoms with Crippen LogP contribution in [-0.4, -0.2) is 8.42 Å². The zero-order valence-corrected chi connectivity index (χ0v) is 13.8. The van der Waals surface area contributed by atoms with E-state index in [1.165, 1.54) is 12.1 Å². The third kappa shape index (κ3) is 5.73. The van der Waals surface area contributed by atoms with Crippen molar-refractivity contribution < 1.29 is 34.8 Å². The summed E-state index contributed by atoms with van der Waals surface area (Å²) in [6, 6.07) is 7.92. The van der Waals surface area contributed by atoms with Crippen LogP contribution in [0.4, 0.5) is 26.3 Å². The molecule has 0 atom stereocenters. The second kappa shape index (κ2) is 7.28. The fourth-order valence-corrected chi connectivity index (χ4v) is 3.27. The predicted molar refractivity (Wildman–Crippen MR) is 82.4 cm³/mol. The predicted octanol–water partition coefficient (Wildman–Crippen LogP) is 4.34. The SMILES string of the molecule is O=S(=O)(Cc1cccc(C(F)(F)F)c1)NCc1cccc(C(F)(F)F)c1. The van der Waals surface area contributed by atoms with Crippen molar-refractivity contribution in [3.8, 4) is 0 Å². The molecule has 26 heavy (non-hydrogen) atoms. The van der Waals surface area contributed by atoms with Gasteiger partial charge in [0.1, 0.15) is 0 Å². The Kier molecular flexibility index (Phi) is 5.67. The molecule has 1 N–H and O–H groups in total. The highest BCUT2D eigenvalue weighted by molar-refractivity contribution is 7.88. The first-order valence-corrected chi connectivity index (χ1v) is 8.82. The number of nitrogens with one attached hydrogen (secondary N) is 1. The summed E-state index contributed by atoms with van der Waals surface area (Å²) in [7, 11) is -4.04. The average Bonchev–Trinajstić information content (AvgIpc) is 2.52. The summed E-state index contributed by atoms with van der Waals surface area (Å²) < 4.78 is 102. The van der Waals surface area contributed by atoms with Crippen LogP contribution in [0.5, 0.6) is 0 Å². The number of benzene rings is 2. The molecule has 0 amide bonds. The highest BCUT2D eigenvalue weighted by Crippen LogP contribution is 2.30. The van der Waals surface area contributed by atoms with Gasteiger partial charge in [0.05, 0.1) is 16.9 Å². The third-order valence-electron chi connectivity index (χ3n) is 3.36. The summed E-state index contributed by atoms with van der Waals surface area (Å²) in [5.74, 6) is -0.726. The second-order valence-corrected chi connectivity index (χ2v) is 7.28. The second-order valence-electron chi connectivity index (χ2n) is 5.48. The first-order valence-electron chi connectivity index (χ1n) is 7.16. The topological polar surface area (TPSA) is 46.2 Å². The van der Waals surface area contributed by atoms with Gasteiger partial charge >= 0.3 is 12.4 Å². The lowest BCUT2D eigenvalue weighted by molar-refractivity contribution is -0.138. The third-order valence-corrected chi connectivity index (χ3v) is 4.66. The van der Waals surface area contributed by atoms with Gasteiger partial charge in [0.25, 0.3) is 0 Å². The van der Waals surface area contributed by atoms with E-state index in [9.17, 15) is 34.8 Å². The molecule has 0 aromatic heterocycles. The van der Waals surface area contributed by atoms with E-state index in [4.69, 9.17) is 0 Å². The lowest BCUT2D eigenvalue weighted by atomic mass is 10.1. The van der Waals surface area contributed by atoms with Crippen LogP contribution in [0.15, 0.2) is 48.5 Å². The van der Waals surface area contributed by atoms with Crippen LogP contribution in [0.3, 0.4) is 0 Å². The van der Waals surface area contributed by atoms with Crippen molar-refractivity contribution in [1.29, 1.82) is 0 Å². The van der Waals surface area contributed by atoms with Gasteiger partial charge in [0.2, 0.25) is 10.0 Å². The largest absolute Gasteiger partial charge is 0.416 e. The Bertz CT molecular complexity index is 875. The van der Waals surface area contributed by atoms with E-state index in [2.05, 4.69) is 4.72 Å². The maximum Gasteiger partial charge on any atom is 0.416 e. The van der Waals surface area contributed by atoms with E-state index in [-0.39, 0.29) is 11.1 Å². The molecule has 0 saturated heterocycles. The maximum absolute atomic E-state index is 12.6. The Hall–Kier alpha value is -2.07. The number of rotatable bonds is 5. The quantitative estimate of drug-likeness (QED) is 0.763. The monoisotopic (exact) mass is 397 g/mol. The van der Waals surface area contributed by atoms with E-state index in [0.717, 1.165) is 30.3 Å². The van der Waals surface area contributed by atoms with Gasteiger partial charge in [-0.25, -0.2) is 13.1 Å². The van der Waals surface area contributed by atoms with Crippen molar-refractivity contribution in [2.45, 2.75) is 24.7 Å². The van der Waals surface area contributed by atoms with Crippen molar-refractivity contribution in [3.05, 3.63) is 70.8 Å². The van der Waals surface area contributed by atoms with Crippen LogP contribution in [0.25, 0.3) is 0 Å². The van der Waals surface area contributed by atoms with Crippen LogP contribution in [0.1, 0.15) is 22.3 Å². The highest BCUT2D eigenvalue weighted by Gasteiger charge is 2.31. The summed E-state index contributed by atoms with van der Waals surface area (Å²) in [5.41, 5.74) is -1.92. The summed E-state index contributed by atoms with van der Waals surface area (Å²) in [5, 5.41) is 0. The van der Waals surface area contributed by atoms with Gasteiger partial charge in [-0.3, -0.25) is 0 Å². The molecular formula is C16H13F6NO2S. The van der Waals surface area contributed by atoms with Crippen LogP contribution in [-0.2, 0) is 34.7 Å². The van der Waals surface area contributed by atoms with Gasteiger partial charge < -0.3 is 0 Å². The minimum absolute atomic E-state index is 0.0763. The molecule has 0 bridgehead atoms. The van der Waals surface area contributed by atoms with Crippen molar-refractivity contribution in [2.24, 2.45) is 0 Å². The molecule has 0 fully saturated rings. The van der Waals surface area contributed by atoms with Gasteiger partial charge in [-0.2, -0.15) is 26.3 Å². The number of hydrogen-bond acceptors (Lipinski definition) is 2. The van der Waals surface area contributed by atoms with E-state index in [1.54, 1.807) is 0 Å². The molecule has 0 spiro atoms. The molecule has 0 radical (unpaired) electrons. The van der Waals surface area contributed by atoms with E-state index < -0.39 is 45.8 Å². The van der Waals surface area contributed by atoms with Crippen LogP contribution in [0, 0.1) is 0 Å². The molecular weight excluding hydrogens is 384 g/mol. The molecule has 0 unspecified atom stereocenters. The molecule has 2 aromatic rings. The van der Waals surface area contributed by atoms with Gasteiger partial charge in [0, 0.05) is 6.54 Å². The number of halogens is 6. The number of sulfonamides is 1. The van der Waals surface area contributed by atoms with E-state index >= 15 is 0 Å². The lowest BCUT2D eigenvalue weighted by Gasteiger charge is -2.11. The normalized spacial score (nSPS) is 13.0. The van der Waals surface area contributed by atoms with E-state index in [0.29, 0.717) is 6.07 Å². The average molecular weight is 397 g/mol. The molecule has 0 heterocycles. The molecule has 0 saturated carbocycles. The van der Waals surface area contributed by atoms with E-state index in [1.807, 2.05) is 0 Å². The van der Waals surface area contributed by atoms with Gasteiger partial charge in [-0.1, -0.05) is 36.4 Å². The van der Waals surface area contributed by atoms with Crippen LogP contribution >= 0.6 is 0 Å². The van der Waals surface area contributed by atoms with Crippen molar-refractivity contribution >= 4 is 10.0 Å². The number of alkyl halides is 6. The van der Waals surface area contributed by atoms with Crippen molar-refractivity contribution in [1.82, 2.24) is 4.72 Å². The molecule has 3 nitrogen and oxygen atoms in total. The maximum atomic E-state index is 12.6.